The number of hydrogen-bond acceptors (Lipinski definition) is 8. The molecule has 0 spiro atoms. The monoisotopic (exact) mass is 408 g/mol. The number of morpholine rings is 1. The number of anilines is 1. The Hall–Kier alpha value is -2.76. The molecule has 1 saturated heterocycles. The van der Waals surface area contributed by atoms with Gasteiger partial charge in [-0.1, -0.05) is 0 Å². The SMILES string of the molecule is COc1cc(CNc2ccc([N+](=O)[O-])cc2S(=O)(=O)N2CCOCC2)ccn1. The van der Waals surface area contributed by atoms with Crippen LogP contribution in [-0.4, -0.2) is 56.0 Å². The zero-order chi connectivity index (χ0) is 20.1. The van der Waals surface area contributed by atoms with E-state index in [4.69, 9.17) is 9.47 Å². The molecule has 1 fully saturated rings. The first-order valence-electron chi connectivity index (χ1n) is 8.51. The van der Waals surface area contributed by atoms with Gasteiger partial charge in [-0.15, -0.1) is 0 Å². The van der Waals surface area contributed by atoms with Crippen LogP contribution in [0.4, 0.5) is 11.4 Å². The van der Waals surface area contributed by atoms with Crippen molar-refractivity contribution in [2.45, 2.75) is 11.4 Å². The number of rotatable bonds is 7. The van der Waals surface area contributed by atoms with Crippen LogP contribution < -0.4 is 10.1 Å². The van der Waals surface area contributed by atoms with Crippen LogP contribution >= 0.6 is 0 Å². The Kier molecular flexibility index (Phi) is 6.07. The minimum Gasteiger partial charge on any atom is -0.481 e. The van der Waals surface area contributed by atoms with E-state index in [1.165, 1.54) is 23.5 Å². The fraction of sp³-hybridized carbons (Fsp3) is 0.353. The molecular formula is C17H20N4O6S. The molecule has 2 aromatic rings. The zero-order valence-corrected chi connectivity index (χ0v) is 16.0. The Morgan fingerprint density at radius 1 is 1.29 bits per heavy atom. The average Bonchev–Trinajstić information content (AvgIpc) is 2.72. The van der Waals surface area contributed by atoms with E-state index in [0.717, 1.165) is 11.6 Å². The molecule has 1 aliphatic heterocycles. The molecule has 150 valence electrons. The molecule has 0 bridgehead atoms. The number of methoxy groups -OCH3 is 1. The van der Waals surface area contributed by atoms with Crippen LogP contribution in [0.2, 0.25) is 0 Å². The van der Waals surface area contributed by atoms with Crippen LogP contribution in [0.3, 0.4) is 0 Å². The summed E-state index contributed by atoms with van der Waals surface area (Å²) < 4.78 is 37.7. The second-order valence-electron chi connectivity index (χ2n) is 6.01. The highest BCUT2D eigenvalue weighted by Gasteiger charge is 2.30. The Labute approximate surface area is 162 Å². The molecule has 11 heteroatoms. The van der Waals surface area contributed by atoms with E-state index in [0.29, 0.717) is 12.4 Å². The molecule has 0 unspecified atom stereocenters. The van der Waals surface area contributed by atoms with Gasteiger partial charge < -0.3 is 14.8 Å². The number of benzene rings is 1. The summed E-state index contributed by atoms with van der Waals surface area (Å²) in [6.07, 6.45) is 1.58. The fourth-order valence-corrected chi connectivity index (χ4v) is 4.38. The van der Waals surface area contributed by atoms with E-state index in [1.807, 2.05) is 0 Å². The fourth-order valence-electron chi connectivity index (χ4n) is 2.78. The van der Waals surface area contributed by atoms with Crippen molar-refractivity contribution in [3.05, 3.63) is 52.2 Å². The maximum Gasteiger partial charge on any atom is 0.270 e. The van der Waals surface area contributed by atoms with Gasteiger partial charge >= 0.3 is 0 Å². The molecular weight excluding hydrogens is 388 g/mol. The molecule has 1 aromatic carbocycles. The highest BCUT2D eigenvalue weighted by atomic mass is 32.2. The van der Waals surface area contributed by atoms with E-state index in [2.05, 4.69) is 10.3 Å². The summed E-state index contributed by atoms with van der Waals surface area (Å²) in [5, 5.41) is 14.2. The molecule has 28 heavy (non-hydrogen) atoms. The summed E-state index contributed by atoms with van der Waals surface area (Å²) in [4.78, 5) is 14.4. The van der Waals surface area contributed by atoms with Crippen molar-refractivity contribution < 1.29 is 22.8 Å². The lowest BCUT2D eigenvalue weighted by Crippen LogP contribution is -2.40. The number of nitro groups is 1. The second-order valence-corrected chi connectivity index (χ2v) is 7.92. The lowest BCUT2D eigenvalue weighted by Gasteiger charge is -2.27. The van der Waals surface area contributed by atoms with E-state index in [-0.39, 0.29) is 42.6 Å². The molecule has 1 aromatic heterocycles. The average molecular weight is 408 g/mol. The van der Waals surface area contributed by atoms with Gasteiger partial charge in [-0.25, -0.2) is 13.4 Å². The summed E-state index contributed by atoms with van der Waals surface area (Å²) in [6.45, 7) is 1.27. The number of nitro benzene ring substituents is 1. The third kappa shape index (κ3) is 4.38. The Morgan fingerprint density at radius 3 is 2.71 bits per heavy atom. The molecule has 1 N–H and O–H groups in total. The molecule has 0 saturated carbocycles. The zero-order valence-electron chi connectivity index (χ0n) is 15.2. The molecule has 0 atom stereocenters. The van der Waals surface area contributed by atoms with Gasteiger partial charge in [-0.2, -0.15) is 4.31 Å². The molecule has 0 aliphatic carbocycles. The van der Waals surface area contributed by atoms with Gasteiger partial charge in [-0.05, 0) is 17.7 Å². The first kappa shape index (κ1) is 20.0. The summed E-state index contributed by atoms with van der Waals surface area (Å²) in [5.74, 6) is 0.434. The maximum atomic E-state index is 13.1. The molecule has 0 radical (unpaired) electrons. The van der Waals surface area contributed by atoms with Crippen molar-refractivity contribution in [1.29, 1.82) is 0 Å². The summed E-state index contributed by atoms with van der Waals surface area (Å²) in [5.41, 5.74) is 0.816. The number of ether oxygens (including phenoxy) is 2. The smallest absolute Gasteiger partial charge is 0.270 e. The number of pyridine rings is 1. The van der Waals surface area contributed by atoms with Gasteiger partial charge in [0.05, 0.1) is 30.9 Å². The van der Waals surface area contributed by atoms with Crippen LogP contribution in [0.5, 0.6) is 5.88 Å². The van der Waals surface area contributed by atoms with E-state index < -0.39 is 14.9 Å². The normalized spacial score (nSPS) is 15.2. The topological polar surface area (TPSA) is 124 Å². The van der Waals surface area contributed by atoms with Crippen molar-refractivity contribution in [2.24, 2.45) is 0 Å². The molecule has 0 amide bonds. The van der Waals surface area contributed by atoms with E-state index in [1.54, 1.807) is 18.3 Å². The quantitative estimate of drug-likeness (QED) is 0.541. The third-order valence-corrected chi connectivity index (χ3v) is 6.19. The Balaban J connectivity index is 1.92. The third-order valence-electron chi connectivity index (χ3n) is 4.26. The number of sulfonamides is 1. The number of aromatic nitrogens is 1. The van der Waals surface area contributed by atoms with Gasteiger partial charge in [-0.3, -0.25) is 10.1 Å². The highest BCUT2D eigenvalue weighted by Crippen LogP contribution is 2.30. The second kappa shape index (κ2) is 8.50. The minimum absolute atomic E-state index is 0.135. The predicted molar refractivity (Wildman–Crippen MR) is 101 cm³/mol. The van der Waals surface area contributed by atoms with Crippen LogP contribution in [0.25, 0.3) is 0 Å². The standard InChI is InChI=1S/C17H20N4O6S/c1-26-17-10-13(4-5-18-17)12-19-15-3-2-14(21(22)23)11-16(15)28(24,25)20-6-8-27-9-7-20/h2-5,10-11,19H,6-9,12H2,1H3. The molecule has 10 nitrogen and oxygen atoms in total. The van der Waals surface area contributed by atoms with Crippen LogP contribution in [0.15, 0.2) is 41.4 Å². The Morgan fingerprint density at radius 2 is 2.04 bits per heavy atom. The lowest BCUT2D eigenvalue weighted by molar-refractivity contribution is -0.385. The maximum absolute atomic E-state index is 13.1. The predicted octanol–water partition coefficient (Wildman–Crippen LogP) is 1.63. The van der Waals surface area contributed by atoms with Crippen molar-refractivity contribution in [3.63, 3.8) is 0 Å². The van der Waals surface area contributed by atoms with Crippen molar-refractivity contribution in [3.8, 4) is 5.88 Å². The van der Waals surface area contributed by atoms with Gasteiger partial charge in [0.15, 0.2) is 0 Å². The minimum atomic E-state index is -3.92. The molecule has 1 aliphatic rings. The number of nitrogens with zero attached hydrogens (tertiary/aromatic N) is 3. The van der Waals surface area contributed by atoms with Crippen molar-refractivity contribution in [1.82, 2.24) is 9.29 Å². The van der Waals surface area contributed by atoms with Crippen LogP contribution in [0.1, 0.15) is 5.56 Å². The van der Waals surface area contributed by atoms with Crippen molar-refractivity contribution in [2.75, 3.05) is 38.7 Å². The van der Waals surface area contributed by atoms with E-state index >= 15 is 0 Å². The van der Waals surface area contributed by atoms with Crippen LogP contribution in [0, 0.1) is 10.1 Å². The summed E-state index contributed by atoms with van der Waals surface area (Å²) in [6, 6.07) is 7.24. The molecule has 3 rings (SSSR count). The van der Waals surface area contributed by atoms with Gasteiger partial charge in [0, 0.05) is 44.0 Å². The first-order valence-corrected chi connectivity index (χ1v) is 9.95. The summed E-state index contributed by atoms with van der Waals surface area (Å²) in [7, 11) is -2.41. The number of non-ortho nitro benzene ring substituents is 1. The van der Waals surface area contributed by atoms with E-state index in [9.17, 15) is 18.5 Å². The highest BCUT2D eigenvalue weighted by molar-refractivity contribution is 7.89. The number of nitrogens with one attached hydrogen (secondary N) is 1. The largest absolute Gasteiger partial charge is 0.481 e. The van der Waals surface area contributed by atoms with Crippen LogP contribution in [-0.2, 0) is 21.3 Å². The van der Waals surface area contributed by atoms with Gasteiger partial charge in [0.2, 0.25) is 15.9 Å². The van der Waals surface area contributed by atoms with Crippen molar-refractivity contribution >= 4 is 21.4 Å². The lowest BCUT2D eigenvalue weighted by atomic mass is 10.2. The van der Waals surface area contributed by atoms with Gasteiger partial charge in [0.1, 0.15) is 4.90 Å². The van der Waals surface area contributed by atoms with Gasteiger partial charge in [0.25, 0.3) is 5.69 Å². The first-order chi connectivity index (χ1) is 13.4. The summed E-state index contributed by atoms with van der Waals surface area (Å²) >= 11 is 0. The number of hydrogen-bond donors (Lipinski definition) is 1. The Bertz CT molecular complexity index is 960. The molecule has 2 heterocycles.